The van der Waals surface area contributed by atoms with E-state index in [1.54, 1.807) is 0 Å². The van der Waals surface area contributed by atoms with Gasteiger partial charge in [0, 0.05) is 0 Å². The standard InChI is InChI=1S/C12H18N2O3/c1-8-6-9(2)12(10(3)7-8)16-5-4-11(15)17-14-13/h6-7,14H,4-5,13H2,1-3H3. The first kappa shape index (κ1) is 13.5. The zero-order chi connectivity index (χ0) is 12.8. The van der Waals surface area contributed by atoms with Gasteiger partial charge in [0.1, 0.15) is 5.75 Å². The lowest BCUT2D eigenvalue weighted by Gasteiger charge is -2.12. The van der Waals surface area contributed by atoms with E-state index in [2.05, 4.69) is 4.84 Å². The molecule has 0 bridgehead atoms. The molecule has 0 fully saturated rings. The molecule has 5 heteroatoms. The summed E-state index contributed by atoms with van der Waals surface area (Å²) in [7, 11) is 0. The largest absolute Gasteiger partial charge is 0.492 e. The number of nitrogens with one attached hydrogen (secondary N) is 1. The van der Waals surface area contributed by atoms with Gasteiger partial charge in [-0.25, -0.2) is 5.84 Å². The van der Waals surface area contributed by atoms with E-state index in [4.69, 9.17) is 10.6 Å². The molecule has 0 amide bonds. The molecule has 0 saturated heterocycles. The topological polar surface area (TPSA) is 73.6 Å². The minimum absolute atomic E-state index is 0.150. The van der Waals surface area contributed by atoms with Gasteiger partial charge in [-0.2, -0.15) is 0 Å². The Bertz CT molecular complexity index is 382. The summed E-state index contributed by atoms with van der Waals surface area (Å²) >= 11 is 0. The molecule has 1 rings (SSSR count). The summed E-state index contributed by atoms with van der Waals surface area (Å²) in [6.07, 6.45) is 0.150. The number of hydrogen-bond acceptors (Lipinski definition) is 5. The van der Waals surface area contributed by atoms with Crippen molar-refractivity contribution in [2.75, 3.05) is 6.61 Å². The smallest absolute Gasteiger partial charge is 0.329 e. The molecule has 0 unspecified atom stereocenters. The summed E-state index contributed by atoms with van der Waals surface area (Å²) in [5.41, 5.74) is 5.16. The zero-order valence-electron chi connectivity index (χ0n) is 10.4. The maximum absolute atomic E-state index is 11.0. The highest BCUT2D eigenvalue weighted by atomic mass is 16.7. The van der Waals surface area contributed by atoms with Crippen LogP contribution in [0.1, 0.15) is 23.1 Å². The summed E-state index contributed by atoms with van der Waals surface area (Å²) in [5.74, 6) is 5.22. The molecule has 0 aliphatic carbocycles. The Kier molecular flexibility index (Phi) is 4.93. The monoisotopic (exact) mass is 238 g/mol. The fourth-order valence-electron chi connectivity index (χ4n) is 1.75. The molecular weight excluding hydrogens is 220 g/mol. The number of hydrazine groups is 1. The van der Waals surface area contributed by atoms with Crippen molar-refractivity contribution in [1.29, 1.82) is 0 Å². The molecule has 0 radical (unpaired) electrons. The van der Waals surface area contributed by atoms with E-state index in [9.17, 15) is 4.79 Å². The Hall–Kier alpha value is -1.59. The number of hydrogen-bond donors (Lipinski definition) is 2. The van der Waals surface area contributed by atoms with Crippen molar-refractivity contribution in [2.45, 2.75) is 27.2 Å². The van der Waals surface area contributed by atoms with Crippen molar-refractivity contribution < 1.29 is 14.4 Å². The number of carbonyl (C=O) groups excluding carboxylic acids is 1. The van der Waals surface area contributed by atoms with Gasteiger partial charge < -0.3 is 9.57 Å². The number of ether oxygens (including phenoxy) is 1. The molecule has 1 aromatic carbocycles. The second-order valence-electron chi connectivity index (χ2n) is 3.92. The van der Waals surface area contributed by atoms with E-state index in [1.807, 2.05) is 38.5 Å². The lowest BCUT2D eigenvalue weighted by atomic mass is 10.1. The van der Waals surface area contributed by atoms with Gasteiger partial charge in [0.25, 0.3) is 0 Å². The predicted octanol–water partition coefficient (Wildman–Crippen LogP) is 1.30. The Morgan fingerprint density at radius 1 is 1.29 bits per heavy atom. The van der Waals surface area contributed by atoms with Gasteiger partial charge in [-0.3, -0.25) is 4.79 Å². The van der Waals surface area contributed by atoms with Crippen LogP contribution in [0.4, 0.5) is 0 Å². The highest BCUT2D eigenvalue weighted by molar-refractivity contribution is 5.69. The van der Waals surface area contributed by atoms with Crippen molar-refractivity contribution in [3.8, 4) is 5.75 Å². The average molecular weight is 238 g/mol. The average Bonchev–Trinajstić information content (AvgIpc) is 2.22. The fourth-order valence-corrected chi connectivity index (χ4v) is 1.75. The first-order valence-electron chi connectivity index (χ1n) is 5.40. The minimum atomic E-state index is -0.449. The molecular formula is C12H18N2O3. The molecule has 0 aliphatic rings. The third-order valence-electron chi connectivity index (χ3n) is 2.33. The third kappa shape index (κ3) is 4.05. The van der Waals surface area contributed by atoms with E-state index >= 15 is 0 Å². The summed E-state index contributed by atoms with van der Waals surface area (Å²) in [6, 6.07) is 4.09. The van der Waals surface area contributed by atoms with Crippen LogP contribution in [-0.2, 0) is 9.63 Å². The van der Waals surface area contributed by atoms with E-state index in [0.29, 0.717) is 0 Å². The van der Waals surface area contributed by atoms with Crippen LogP contribution >= 0.6 is 0 Å². The van der Waals surface area contributed by atoms with E-state index in [-0.39, 0.29) is 13.0 Å². The Morgan fingerprint density at radius 3 is 2.41 bits per heavy atom. The zero-order valence-corrected chi connectivity index (χ0v) is 10.4. The van der Waals surface area contributed by atoms with Crippen LogP contribution in [0.2, 0.25) is 0 Å². The number of aryl methyl sites for hydroxylation is 3. The van der Waals surface area contributed by atoms with E-state index < -0.39 is 5.97 Å². The molecule has 0 aromatic heterocycles. The molecule has 0 atom stereocenters. The van der Waals surface area contributed by atoms with Gasteiger partial charge in [-0.15, -0.1) is 0 Å². The van der Waals surface area contributed by atoms with Gasteiger partial charge in [0.05, 0.1) is 13.0 Å². The second-order valence-corrected chi connectivity index (χ2v) is 3.92. The number of carbonyl (C=O) groups is 1. The molecule has 17 heavy (non-hydrogen) atoms. The predicted molar refractivity (Wildman–Crippen MR) is 64.2 cm³/mol. The number of rotatable bonds is 5. The molecule has 0 spiro atoms. The molecule has 94 valence electrons. The summed E-state index contributed by atoms with van der Waals surface area (Å²) in [6.45, 7) is 6.27. The highest BCUT2D eigenvalue weighted by Crippen LogP contribution is 2.24. The van der Waals surface area contributed by atoms with Crippen LogP contribution in [0.3, 0.4) is 0 Å². The van der Waals surface area contributed by atoms with Gasteiger partial charge >= 0.3 is 5.97 Å². The first-order valence-corrected chi connectivity index (χ1v) is 5.40. The van der Waals surface area contributed by atoms with Crippen LogP contribution in [0.25, 0.3) is 0 Å². The van der Waals surface area contributed by atoms with Crippen LogP contribution < -0.4 is 16.2 Å². The van der Waals surface area contributed by atoms with Crippen LogP contribution in [0, 0.1) is 20.8 Å². The van der Waals surface area contributed by atoms with Crippen molar-refractivity contribution in [1.82, 2.24) is 5.59 Å². The molecule has 0 aliphatic heterocycles. The molecule has 1 aromatic rings. The van der Waals surface area contributed by atoms with Crippen molar-refractivity contribution >= 4 is 5.97 Å². The molecule has 0 heterocycles. The van der Waals surface area contributed by atoms with Gasteiger partial charge in [-0.1, -0.05) is 23.3 Å². The number of nitrogens with two attached hydrogens (primary N) is 1. The van der Waals surface area contributed by atoms with Crippen molar-refractivity contribution in [3.63, 3.8) is 0 Å². The van der Waals surface area contributed by atoms with Crippen molar-refractivity contribution in [3.05, 3.63) is 28.8 Å². The summed E-state index contributed by atoms with van der Waals surface area (Å²) in [5, 5.41) is 0. The van der Waals surface area contributed by atoms with Gasteiger partial charge in [-0.05, 0) is 31.9 Å². The Morgan fingerprint density at radius 2 is 1.88 bits per heavy atom. The normalized spacial score (nSPS) is 10.1. The van der Waals surface area contributed by atoms with Crippen LogP contribution in [0.5, 0.6) is 5.75 Å². The SMILES string of the molecule is Cc1cc(C)c(OCCC(=O)ONN)c(C)c1. The number of benzene rings is 1. The van der Waals surface area contributed by atoms with Gasteiger partial charge in [0.15, 0.2) is 0 Å². The van der Waals surface area contributed by atoms with Crippen LogP contribution in [-0.4, -0.2) is 12.6 Å². The van der Waals surface area contributed by atoms with E-state index in [0.717, 1.165) is 16.9 Å². The lowest BCUT2D eigenvalue weighted by Crippen LogP contribution is -2.27. The summed E-state index contributed by atoms with van der Waals surface area (Å²) in [4.78, 5) is 15.4. The first-order chi connectivity index (χ1) is 8.04. The molecule has 0 saturated carbocycles. The fraction of sp³-hybridized carbons (Fsp3) is 0.417. The Labute approximate surface area is 101 Å². The molecule has 3 N–H and O–H groups in total. The summed E-state index contributed by atoms with van der Waals surface area (Å²) < 4.78 is 5.57. The Balaban J connectivity index is 2.55. The lowest BCUT2D eigenvalue weighted by molar-refractivity contribution is -0.151. The third-order valence-corrected chi connectivity index (χ3v) is 2.33. The maximum atomic E-state index is 11.0. The van der Waals surface area contributed by atoms with E-state index in [1.165, 1.54) is 5.56 Å². The van der Waals surface area contributed by atoms with Crippen LogP contribution in [0.15, 0.2) is 12.1 Å². The second kappa shape index (κ2) is 6.22. The van der Waals surface area contributed by atoms with Gasteiger partial charge in [0.2, 0.25) is 0 Å². The maximum Gasteiger partial charge on any atom is 0.329 e. The highest BCUT2D eigenvalue weighted by Gasteiger charge is 2.07. The molecule has 5 nitrogen and oxygen atoms in total. The quantitative estimate of drug-likeness (QED) is 0.597. The van der Waals surface area contributed by atoms with Crippen molar-refractivity contribution in [2.24, 2.45) is 5.84 Å². The minimum Gasteiger partial charge on any atom is -0.492 e.